The molecule has 1 aliphatic rings. The van der Waals surface area contributed by atoms with Gasteiger partial charge in [0.1, 0.15) is 0 Å². The van der Waals surface area contributed by atoms with Crippen molar-refractivity contribution in [1.29, 1.82) is 0 Å². The molecule has 0 saturated carbocycles. The molecule has 0 atom stereocenters. The van der Waals surface area contributed by atoms with E-state index in [1.807, 2.05) is 6.07 Å². The van der Waals surface area contributed by atoms with Crippen LogP contribution in [0.5, 0.6) is 11.5 Å². The molecule has 130 valence electrons. The molecular formula is C19H31NO3. The van der Waals surface area contributed by atoms with Crippen LogP contribution in [0.15, 0.2) is 18.2 Å². The van der Waals surface area contributed by atoms with Crippen LogP contribution in [0.2, 0.25) is 0 Å². The predicted octanol–water partition coefficient (Wildman–Crippen LogP) is 3.47. The van der Waals surface area contributed by atoms with Crippen molar-refractivity contribution in [3.8, 4) is 11.5 Å². The van der Waals surface area contributed by atoms with E-state index >= 15 is 0 Å². The highest BCUT2D eigenvalue weighted by Gasteiger charge is 2.32. The number of ether oxygens (including phenoxy) is 2. The quantitative estimate of drug-likeness (QED) is 0.796. The average molecular weight is 321 g/mol. The summed E-state index contributed by atoms with van der Waals surface area (Å²) in [5.74, 6) is 1.63. The van der Waals surface area contributed by atoms with Crippen LogP contribution in [0.1, 0.15) is 45.1 Å². The number of hydrogen-bond acceptors (Lipinski definition) is 4. The Morgan fingerprint density at radius 3 is 2.48 bits per heavy atom. The molecule has 1 aromatic carbocycles. The summed E-state index contributed by atoms with van der Waals surface area (Å²) in [6, 6.07) is 6.21. The smallest absolute Gasteiger partial charge is 0.161 e. The molecule has 0 amide bonds. The van der Waals surface area contributed by atoms with Gasteiger partial charge in [-0.25, -0.2) is 0 Å². The Labute approximate surface area is 140 Å². The third-order valence-electron chi connectivity index (χ3n) is 5.10. The summed E-state index contributed by atoms with van der Waals surface area (Å²) in [6.07, 6.45) is 4.21. The Bertz CT molecular complexity index is 476. The molecule has 0 aromatic heterocycles. The molecule has 0 radical (unpaired) electrons. The van der Waals surface area contributed by atoms with E-state index in [1.54, 1.807) is 7.11 Å². The molecule has 1 saturated heterocycles. The molecular weight excluding hydrogens is 290 g/mol. The van der Waals surface area contributed by atoms with E-state index in [1.165, 1.54) is 5.56 Å². The van der Waals surface area contributed by atoms with Crippen molar-refractivity contribution in [3.05, 3.63) is 23.8 Å². The van der Waals surface area contributed by atoms with Crippen molar-refractivity contribution in [2.75, 3.05) is 33.4 Å². The summed E-state index contributed by atoms with van der Waals surface area (Å²) < 4.78 is 11.2. The third kappa shape index (κ3) is 4.61. The van der Waals surface area contributed by atoms with Gasteiger partial charge < -0.3 is 14.6 Å². The van der Waals surface area contributed by atoms with Gasteiger partial charge in [-0.05, 0) is 61.9 Å². The first kappa shape index (κ1) is 18.1. The van der Waals surface area contributed by atoms with E-state index in [9.17, 15) is 5.11 Å². The minimum absolute atomic E-state index is 0.145. The molecule has 1 N–H and O–H groups in total. The Morgan fingerprint density at radius 2 is 1.91 bits per heavy atom. The maximum atomic E-state index is 9.65. The minimum Gasteiger partial charge on any atom is -0.493 e. The minimum atomic E-state index is 0.145. The maximum Gasteiger partial charge on any atom is 0.161 e. The van der Waals surface area contributed by atoms with E-state index in [0.717, 1.165) is 56.8 Å². The first-order valence-corrected chi connectivity index (χ1v) is 8.79. The number of aliphatic hydroxyl groups is 1. The number of rotatable bonds is 8. The Kier molecular flexibility index (Phi) is 6.72. The van der Waals surface area contributed by atoms with Gasteiger partial charge in [-0.2, -0.15) is 0 Å². The molecule has 4 nitrogen and oxygen atoms in total. The fourth-order valence-electron chi connectivity index (χ4n) is 3.21. The second-order valence-electron chi connectivity index (χ2n) is 6.62. The fourth-order valence-corrected chi connectivity index (χ4v) is 3.21. The van der Waals surface area contributed by atoms with Gasteiger partial charge >= 0.3 is 0 Å². The summed E-state index contributed by atoms with van der Waals surface area (Å²) >= 11 is 0. The standard InChI is InChI=1S/C19H31NO3/c1-4-12-23-18-13-16(6-7-17(18)22-3)14-20-10-8-19(5-2,15-21)9-11-20/h6-7,13,21H,4-5,8-12,14-15H2,1-3H3. The zero-order valence-electron chi connectivity index (χ0n) is 14.8. The fraction of sp³-hybridized carbons (Fsp3) is 0.684. The van der Waals surface area contributed by atoms with E-state index < -0.39 is 0 Å². The molecule has 23 heavy (non-hydrogen) atoms. The van der Waals surface area contributed by atoms with Gasteiger partial charge in [0.15, 0.2) is 11.5 Å². The predicted molar refractivity (Wildman–Crippen MR) is 93.1 cm³/mol. The Hall–Kier alpha value is -1.26. The number of aliphatic hydroxyl groups excluding tert-OH is 1. The lowest BCUT2D eigenvalue weighted by Gasteiger charge is -2.40. The van der Waals surface area contributed by atoms with Crippen LogP contribution in [0, 0.1) is 5.41 Å². The number of piperidine rings is 1. The van der Waals surface area contributed by atoms with Gasteiger partial charge in [-0.15, -0.1) is 0 Å². The lowest BCUT2D eigenvalue weighted by molar-refractivity contribution is 0.0382. The average Bonchev–Trinajstić information content (AvgIpc) is 2.61. The highest BCUT2D eigenvalue weighted by atomic mass is 16.5. The lowest BCUT2D eigenvalue weighted by atomic mass is 9.77. The van der Waals surface area contributed by atoms with Gasteiger partial charge in [-0.1, -0.05) is 19.9 Å². The first-order chi connectivity index (χ1) is 11.2. The number of likely N-dealkylation sites (tertiary alicyclic amines) is 1. The van der Waals surface area contributed by atoms with Crippen LogP contribution in [0.4, 0.5) is 0 Å². The molecule has 1 fully saturated rings. The molecule has 1 aliphatic heterocycles. The summed E-state index contributed by atoms with van der Waals surface area (Å²) in [5.41, 5.74) is 1.40. The molecule has 1 aromatic rings. The van der Waals surface area contributed by atoms with Gasteiger partial charge in [0, 0.05) is 13.2 Å². The van der Waals surface area contributed by atoms with Crippen LogP contribution in [-0.4, -0.2) is 43.4 Å². The molecule has 0 spiro atoms. The number of benzene rings is 1. The van der Waals surface area contributed by atoms with Crippen LogP contribution in [0.3, 0.4) is 0 Å². The van der Waals surface area contributed by atoms with Gasteiger partial charge in [0.05, 0.1) is 13.7 Å². The van der Waals surface area contributed by atoms with Gasteiger partial charge in [0.2, 0.25) is 0 Å². The van der Waals surface area contributed by atoms with Gasteiger partial charge in [0.25, 0.3) is 0 Å². The van der Waals surface area contributed by atoms with E-state index in [4.69, 9.17) is 9.47 Å². The third-order valence-corrected chi connectivity index (χ3v) is 5.10. The summed E-state index contributed by atoms with van der Waals surface area (Å²) in [4.78, 5) is 2.47. The van der Waals surface area contributed by atoms with E-state index in [-0.39, 0.29) is 5.41 Å². The number of methoxy groups -OCH3 is 1. The topological polar surface area (TPSA) is 41.9 Å². The summed E-state index contributed by atoms with van der Waals surface area (Å²) in [7, 11) is 1.68. The van der Waals surface area contributed by atoms with Crippen LogP contribution in [-0.2, 0) is 6.54 Å². The van der Waals surface area contributed by atoms with Gasteiger partial charge in [-0.3, -0.25) is 4.90 Å². The molecule has 2 rings (SSSR count). The van der Waals surface area contributed by atoms with Crippen molar-refractivity contribution >= 4 is 0 Å². The summed E-state index contributed by atoms with van der Waals surface area (Å²) in [6.45, 7) is 8.33. The molecule has 0 aliphatic carbocycles. The van der Waals surface area contributed by atoms with Crippen molar-refractivity contribution < 1.29 is 14.6 Å². The van der Waals surface area contributed by atoms with Crippen molar-refractivity contribution in [1.82, 2.24) is 4.90 Å². The lowest BCUT2D eigenvalue weighted by Crippen LogP contribution is -2.41. The molecule has 1 heterocycles. The maximum absolute atomic E-state index is 9.65. The second kappa shape index (κ2) is 8.55. The van der Waals surface area contributed by atoms with Crippen LogP contribution in [0.25, 0.3) is 0 Å². The SMILES string of the molecule is CCCOc1cc(CN2CCC(CC)(CO)CC2)ccc1OC. The molecule has 0 unspecified atom stereocenters. The van der Waals surface area contributed by atoms with Crippen molar-refractivity contribution in [2.24, 2.45) is 5.41 Å². The largest absolute Gasteiger partial charge is 0.493 e. The Morgan fingerprint density at radius 1 is 1.17 bits per heavy atom. The highest BCUT2D eigenvalue weighted by molar-refractivity contribution is 5.43. The summed E-state index contributed by atoms with van der Waals surface area (Å²) in [5, 5.41) is 9.65. The van der Waals surface area contributed by atoms with Crippen molar-refractivity contribution in [3.63, 3.8) is 0 Å². The van der Waals surface area contributed by atoms with Crippen LogP contribution < -0.4 is 9.47 Å². The number of hydrogen-bond donors (Lipinski definition) is 1. The number of nitrogens with zero attached hydrogens (tertiary/aromatic N) is 1. The van der Waals surface area contributed by atoms with E-state index in [2.05, 4.69) is 30.9 Å². The monoisotopic (exact) mass is 321 g/mol. The Balaban J connectivity index is 1.98. The van der Waals surface area contributed by atoms with Crippen LogP contribution >= 0.6 is 0 Å². The second-order valence-corrected chi connectivity index (χ2v) is 6.62. The zero-order valence-corrected chi connectivity index (χ0v) is 14.8. The van der Waals surface area contributed by atoms with E-state index in [0.29, 0.717) is 13.2 Å². The zero-order chi connectivity index (χ0) is 16.7. The molecule has 0 bridgehead atoms. The van der Waals surface area contributed by atoms with Crippen molar-refractivity contribution in [2.45, 2.75) is 46.1 Å². The normalized spacial score (nSPS) is 17.9. The highest BCUT2D eigenvalue weighted by Crippen LogP contribution is 2.35. The first-order valence-electron chi connectivity index (χ1n) is 8.79. The molecule has 4 heteroatoms.